The first-order valence-electron chi connectivity index (χ1n) is 6.65. The third kappa shape index (κ3) is 2.21. The Bertz CT molecular complexity index is 748. The quantitative estimate of drug-likeness (QED) is 0.662. The zero-order chi connectivity index (χ0) is 13.6. The summed E-state index contributed by atoms with van der Waals surface area (Å²) in [5, 5.41) is 6.92. The van der Waals surface area contributed by atoms with Gasteiger partial charge < -0.3 is 0 Å². The van der Waals surface area contributed by atoms with E-state index in [4.69, 9.17) is 4.98 Å². The van der Waals surface area contributed by atoms with Gasteiger partial charge in [-0.15, -0.1) is 0 Å². The molecule has 0 radical (unpaired) electrons. The average molecular weight is 253 g/mol. The van der Waals surface area contributed by atoms with Crippen molar-refractivity contribution in [1.29, 1.82) is 0 Å². The fraction of sp³-hybridized carbons (Fsp3) is 0.375. The van der Waals surface area contributed by atoms with Gasteiger partial charge in [-0.2, -0.15) is 5.10 Å². The molecular formula is C16H19N3. The Morgan fingerprint density at radius 3 is 2.58 bits per heavy atom. The molecule has 3 heteroatoms. The van der Waals surface area contributed by atoms with Gasteiger partial charge in [-0.25, -0.2) is 0 Å². The van der Waals surface area contributed by atoms with Crippen LogP contribution in [0.15, 0.2) is 30.5 Å². The number of para-hydroxylation sites is 1. The van der Waals surface area contributed by atoms with Crippen LogP contribution in [0.3, 0.4) is 0 Å². The lowest BCUT2D eigenvalue weighted by atomic mass is 9.89. The molecule has 0 N–H and O–H groups in total. The second-order valence-electron chi connectivity index (χ2n) is 6.38. The average Bonchev–Trinajstić information content (AvgIpc) is 2.69. The van der Waals surface area contributed by atoms with E-state index in [-0.39, 0.29) is 5.41 Å². The molecule has 0 aliphatic rings. The molecule has 2 heterocycles. The van der Waals surface area contributed by atoms with Crippen LogP contribution < -0.4 is 0 Å². The van der Waals surface area contributed by atoms with Crippen LogP contribution in [0.5, 0.6) is 0 Å². The lowest BCUT2D eigenvalue weighted by Gasteiger charge is -2.18. The van der Waals surface area contributed by atoms with Gasteiger partial charge in [0.25, 0.3) is 0 Å². The van der Waals surface area contributed by atoms with Crippen LogP contribution in [0, 0.1) is 5.41 Å². The summed E-state index contributed by atoms with van der Waals surface area (Å²) < 4.78 is 1.88. The van der Waals surface area contributed by atoms with Crippen molar-refractivity contribution in [2.45, 2.75) is 27.2 Å². The van der Waals surface area contributed by atoms with E-state index in [0.717, 1.165) is 28.5 Å². The number of hydrogen-bond acceptors (Lipinski definition) is 2. The maximum atomic E-state index is 4.85. The van der Waals surface area contributed by atoms with Crippen LogP contribution in [-0.2, 0) is 13.5 Å². The van der Waals surface area contributed by atoms with Crippen molar-refractivity contribution in [3.05, 3.63) is 36.2 Å². The van der Waals surface area contributed by atoms with E-state index in [9.17, 15) is 0 Å². The summed E-state index contributed by atoms with van der Waals surface area (Å²) in [6.45, 7) is 6.73. The summed E-state index contributed by atoms with van der Waals surface area (Å²) in [4.78, 5) is 4.85. The van der Waals surface area contributed by atoms with Crippen LogP contribution in [0.4, 0.5) is 0 Å². The molecule has 0 atom stereocenters. The zero-order valence-corrected chi connectivity index (χ0v) is 11.9. The molecule has 0 unspecified atom stereocenters. The first-order valence-corrected chi connectivity index (χ1v) is 6.65. The number of rotatable bonds is 1. The molecular weight excluding hydrogens is 234 g/mol. The minimum absolute atomic E-state index is 0.220. The Morgan fingerprint density at radius 2 is 1.84 bits per heavy atom. The highest BCUT2D eigenvalue weighted by molar-refractivity contribution is 6.04. The maximum Gasteiger partial charge on any atom is 0.103 e. The number of fused-ring (bicyclic) bond motifs is 3. The standard InChI is InChI=1S/C16H19N3/c1-16(2,3)9-14-12-10-19(4)18-15(12)11-7-5-6-8-13(11)17-14/h5-8,10H,9H2,1-4H3. The molecule has 1 aromatic carbocycles. The van der Waals surface area contributed by atoms with E-state index in [1.807, 2.05) is 23.9 Å². The van der Waals surface area contributed by atoms with Crippen molar-refractivity contribution < 1.29 is 0 Å². The van der Waals surface area contributed by atoms with Crippen molar-refractivity contribution in [2.75, 3.05) is 0 Å². The van der Waals surface area contributed by atoms with Crippen molar-refractivity contribution in [3.63, 3.8) is 0 Å². The van der Waals surface area contributed by atoms with Crippen molar-refractivity contribution in [2.24, 2.45) is 12.5 Å². The first-order chi connectivity index (χ1) is 8.94. The summed E-state index contributed by atoms with van der Waals surface area (Å²) in [5.74, 6) is 0. The second kappa shape index (κ2) is 4.05. The third-order valence-corrected chi connectivity index (χ3v) is 3.25. The maximum absolute atomic E-state index is 4.85. The molecule has 0 amide bonds. The zero-order valence-electron chi connectivity index (χ0n) is 11.9. The predicted molar refractivity (Wildman–Crippen MR) is 79.2 cm³/mol. The van der Waals surface area contributed by atoms with Gasteiger partial charge in [0, 0.05) is 24.0 Å². The van der Waals surface area contributed by atoms with Gasteiger partial charge in [0.15, 0.2) is 0 Å². The Kier molecular flexibility index (Phi) is 2.59. The summed E-state index contributed by atoms with van der Waals surface area (Å²) in [6, 6.07) is 8.24. The minimum Gasteiger partial charge on any atom is -0.275 e. The lowest BCUT2D eigenvalue weighted by Crippen LogP contribution is -2.10. The van der Waals surface area contributed by atoms with E-state index < -0.39 is 0 Å². The largest absolute Gasteiger partial charge is 0.275 e. The smallest absolute Gasteiger partial charge is 0.103 e. The molecule has 0 aliphatic carbocycles. The van der Waals surface area contributed by atoms with Crippen molar-refractivity contribution >= 4 is 21.8 Å². The van der Waals surface area contributed by atoms with Crippen LogP contribution in [0.1, 0.15) is 26.5 Å². The topological polar surface area (TPSA) is 30.7 Å². The number of pyridine rings is 1. The van der Waals surface area contributed by atoms with E-state index in [1.165, 1.54) is 5.39 Å². The summed E-state index contributed by atoms with van der Waals surface area (Å²) in [6.07, 6.45) is 3.04. The monoisotopic (exact) mass is 253 g/mol. The van der Waals surface area contributed by atoms with Gasteiger partial charge >= 0.3 is 0 Å². The predicted octanol–water partition coefficient (Wildman–Crippen LogP) is 3.71. The molecule has 0 fully saturated rings. The molecule has 3 rings (SSSR count). The van der Waals surface area contributed by atoms with Gasteiger partial charge in [0.05, 0.1) is 11.2 Å². The minimum atomic E-state index is 0.220. The van der Waals surface area contributed by atoms with E-state index in [2.05, 4.69) is 44.2 Å². The number of aromatic nitrogens is 3. The van der Waals surface area contributed by atoms with Gasteiger partial charge in [0.1, 0.15) is 5.52 Å². The number of benzene rings is 1. The SMILES string of the molecule is Cn1cc2c(CC(C)(C)C)nc3ccccc3c2n1. The molecule has 98 valence electrons. The Hall–Kier alpha value is -1.90. The highest BCUT2D eigenvalue weighted by Gasteiger charge is 2.17. The molecule has 0 bridgehead atoms. The van der Waals surface area contributed by atoms with Crippen LogP contribution in [0.2, 0.25) is 0 Å². The Morgan fingerprint density at radius 1 is 1.11 bits per heavy atom. The molecule has 3 nitrogen and oxygen atoms in total. The molecule has 0 saturated heterocycles. The van der Waals surface area contributed by atoms with Gasteiger partial charge in [-0.3, -0.25) is 9.67 Å². The Labute approximate surface area is 113 Å². The third-order valence-electron chi connectivity index (χ3n) is 3.25. The number of nitrogens with zero attached hydrogens (tertiary/aromatic N) is 3. The molecule has 0 saturated carbocycles. The highest BCUT2D eigenvalue weighted by atomic mass is 15.2. The first kappa shape index (κ1) is 12.2. The summed E-state index contributed by atoms with van der Waals surface area (Å²) in [7, 11) is 1.97. The molecule has 3 aromatic rings. The lowest BCUT2D eigenvalue weighted by molar-refractivity contribution is 0.408. The van der Waals surface area contributed by atoms with E-state index in [1.54, 1.807) is 0 Å². The van der Waals surface area contributed by atoms with E-state index >= 15 is 0 Å². The molecule has 0 aliphatic heterocycles. The number of aryl methyl sites for hydroxylation is 1. The Balaban J connectivity index is 2.35. The molecule has 2 aromatic heterocycles. The molecule has 0 spiro atoms. The fourth-order valence-corrected chi connectivity index (χ4v) is 2.51. The van der Waals surface area contributed by atoms with Crippen LogP contribution in [0.25, 0.3) is 21.8 Å². The van der Waals surface area contributed by atoms with Crippen molar-refractivity contribution in [3.8, 4) is 0 Å². The highest BCUT2D eigenvalue weighted by Crippen LogP contribution is 2.29. The molecule has 19 heavy (non-hydrogen) atoms. The van der Waals surface area contributed by atoms with Gasteiger partial charge in [-0.05, 0) is 17.9 Å². The fourth-order valence-electron chi connectivity index (χ4n) is 2.51. The van der Waals surface area contributed by atoms with Crippen LogP contribution >= 0.6 is 0 Å². The van der Waals surface area contributed by atoms with E-state index in [0.29, 0.717) is 0 Å². The van der Waals surface area contributed by atoms with Crippen molar-refractivity contribution in [1.82, 2.24) is 14.8 Å². The van der Waals surface area contributed by atoms with Gasteiger partial charge in [0.2, 0.25) is 0 Å². The normalized spacial score (nSPS) is 12.4. The van der Waals surface area contributed by atoms with Crippen LogP contribution in [-0.4, -0.2) is 14.8 Å². The van der Waals surface area contributed by atoms with Gasteiger partial charge in [-0.1, -0.05) is 39.0 Å². The summed E-state index contributed by atoms with van der Waals surface area (Å²) >= 11 is 0. The summed E-state index contributed by atoms with van der Waals surface area (Å²) in [5.41, 5.74) is 3.47. The second-order valence-corrected chi connectivity index (χ2v) is 6.38. The number of hydrogen-bond donors (Lipinski definition) is 0.